The number of pyridine rings is 2. The molecule has 0 bridgehead atoms. The van der Waals surface area contributed by atoms with E-state index in [2.05, 4.69) is 105 Å². The van der Waals surface area contributed by atoms with Crippen molar-refractivity contribution in [2.45, 2.75) is 105 Å². The summed E-state index contributed by atoms with van der Waals surface area (Å²) in [6, 6.07) is 19.8. The lowest BCUT2D eigenvalue weighted by molar-refractivity contribution is 0.443. The van der Waals surface area contributed by atoms with Gasteiger partial charge in [-0.3, -0.25) is 20.0 Å². The van der Waals surface area contributed by atoms with Crippen LogP contribution in [0.15, 0.2) is 83.0 Å². The number of phenols is 2. The minimum Gasteiger partial charge on any atom is -0.507 e. The van der Waals surface area contributed by atoms with Gasteiger partial charge in [-0.25, -0.2) is 9.97 Å². The molecule has 0 aliphatic carbocycles. The van der Waals surface area contributed by atoms with E-state index in [0.29, 0.717) is 33.5 Å². The van der Waals surface area contributed by atoms with E-state index in [1.54, 1.807) is 24.8 Å². The first-order valence-electron chi connectivity index (χ1n) is 19.2. The molecule has 8 heteroatoms. The Bertz CT molecular complexity index is 2570. The molecule has 8 nitrogen and oxygen atoms in total. The quantitative estimate of drug-likeness (QED) is 0.105. The zero-order valence-electron chi connectivity index (χ0n) is 34.7. The van der Waals surface area contributed by atoms with Crippen LogP contribution in [0.3, 0.4) is 0 Å². The summed E-state index contributed by atoms with van der Waals surface area (Å²) in [6.45, 7) is 25.6. The summed E-state index contributed by atoms with van der Waals surface area (Å²) in [6.07, 6.45) is 6.95. The number of benzene rings is 4. The van der Waals surface area contributed by atoms with Crippen molar-refractivity contribution in [3.8, 4) is 11.5 Å². The van der Waals surface area contributed by atoms with Gasteiger partial charge in [-0.2, -0.15) is 0 Å². The second-order valence-electron chi connectivity index (χ2n) is 19.0. The van der Waals surface area contributed by atoms with E-state index >= 15 is 0 Å². The number of rotatable bonds is 4. The number of hydrogen-bond acceptors (Lipinski definition) is 8. The third kappa shape index (κ3) is 7.20. The van der Waals surface area contributed by atoms with Gasteiger partial charge in [0.1, 0.15) is 11.5 Å². The van der Waals surface area contributed by atoms with Crippen molar-refractivity contribution in [3.05, 3.63) is 106 Å². The van der Waals surface area contributed by atoms with E-state index in [0.717, 1.165) is 55.1 Å². The first-order chi connectivity index (χ1) is 26.1. The number of aromatic nitrogens is 4. The monoisotopic (exact) mass is 744 g/mol. The standard InChI is InChI=1S/C48H52N6O2/c1-45(2,3)29-19-27(43(55)33(21-29)47(7,8)9)25-51-35-23-37-38(54-42-32-16-14-18-50-40(32)39-31(41(42)53-37)15-13-17-49-39)24-36(35)52-26-28-20-30(46(4,5)6)22-34(44(28)56)48(10,11)12/h13-26,55-56H,1-12H3. The van der Waals surface area contributed by atoms with Crippen molar-refractivity contribution < 1.29 is 10.2 Å². The fourth-order valence-corrected chi connectivity index (χ4v) is 7.03. The Morgan fingerprint density at radius 3 is 1.20 bits per heavy atom. The molecule has 7 rings (SSSR count). The molecule has 56 heavy (non-hydrogen) atoms. The zero-order chi connectivity index (χ0) is 40.5. The van der Waals surface area contributed by atoms with Gasteiger partial charge in [-0.1, -0.05) is 95.2 Å². The zero-order valence-corrected chi connectivity index (χ0v) is 34.7. The van der Waals surface area contributed by atoms with E-state index in [1.807, 2.05) is 48.5 Å². The minimum absolute atomic E-state index is 0.155. The van der Waals surface area contributed by atoms with E-state index in [-0.39, 0.29) is 33.2 Å². The molecule has 0 atom stereocenters. The average Bonchev–Trinajstić information content (AvgIpc) is 3.11. The molecule has 7 aromatic rings. The highest BCUT2D eigenvalue weighted by atomic mass is 16.3. The van der Waals surface area contributed by atoms with E-state index in [4.69, 9.17) is 20.0 Å². The van der Waals surface area contributed by atoms with Crippen LogP contribution in [0.1, 0.15) is 116 Å². The van der Waals surface area contributed by atoms with Gasteiger partial charge in [-0.05, 0) is 81.3 Å². The Morgan fingerprint density at radius 2 is 0.857 bits per heavy atom. The third-order valence-electron chi connectivity index (χ3n) is 10.4. The molecular formula is C48H52N6O2. The summed E-state index contributed by atoms with van der Waals surface area (Å²) in [4.78, 5) is 29.8. The lowest BCUT2D eigenvalue weighted by atomic mass is 9.79. The minimum atomic E-state index is -0.296. The molecule has 0 amide bonds. The topological polar surface area (TPSA) is 117 Å². The highest BCUT2D eigenvalue weighted by Crippen LogP contribution is 2.41. The maximum absolute atomic E-state index is 11.6. The summed E-state index contributed by atoms with van der Waals surface area (Å²) in [5.74, 6) is 0.396. The number of nitrogens with zero attached hydrogens (tertiary/aromatic N) is 6. The molecule has 4 aromatic carbocycles. The Hall–Kier alpha value is -5.76. The highest BCUT2D eigenvalue weighted by Gasteiger charge is 2.26. The highest BCUT2D eigenvalue weighted by molar-refractivity contribution is 6.21. The SMILES string of the molecule is CC(C)(C)c1cc(C=Nc2cc3nc4c5cccnc5c5ncccc5c4nc3cc2N=Cc2cc(C(C)(C)C)cc(C(C)(C)C)c2O)c(O)c(C(C)(C)C)c1. The molecule has 2 N–H and O–H groups in total. The Balaban J connectivity index is 1.49. The molecule has 0 aliphatic rings. The van der Waals surface area contributed by atoms with Crippen LogP contribution in [0, 0.1) is 0 Å². The first kappa shape index (κ1) is 38.5. The number of fused-ring (bicyclic) bond motifs is 7. The maximum atomic E-state index is 11.6. The van der Waals surface area contributed by atoms with Gasteiger partial charge >= 0.3 is 0 Å². The van der Waals surface area contributed by atoms with Gasteiger partial charge in [0, 0.05) is 57.8 Å². The molecule has 0 spiro atoms. The van der Waals surface area contributed by atoms with Crippen LogP contribution in [0.25, 0.3) is 43.9 Å². The van der Waals surface area contributed by atoms with Gasteiger partial charge < -0.3 is 10.2 Å². The second-order valence-corrected chi connectivity index (χ2v) is 19.0. The van der Waals surface area contributed by atoms with Crippen molar-refractivity contribution >= 4 is 67.7 Å². The Kier molecular flexibility index (Phi) is 9.26. The van der Waals surface area contributed by atoms with Gasteiger partial charge in [0.25, 0.3) is 0 Å². The summed E-state index contributed by atoms with van der Waals surface area (Å²) in [5.41, 5.74) is 9.53. The molecule has 0 radical (unpaired) electrons. The number of aliphatic imine (C=N–C) groups is 2. The molecule has 0 saturated heterocycles. The van der Waals surface area contributed by atoms with Gasteiger partial charge in [0.2, 0.25) is 0 Å². The van der Waals surface area contributed by atoms with E-state index < -0.39 is 0 Å². The number of phenolic OH excluding ortho intramolecular Hbond substituents is 2. The van der Waals surface area contributed by atoms with Gasteiger partial charge in [-0.15, -0.1) is 0 Å². The van der Waals surface area contributed by atoms with E-state index in [1.165, 1.54) is 0 Å². The summed E-state index contributed by atoms with van der Waals surface area (Å²) >= 11 is 0. The fraction of sp³-hybridized carbons (Fsp3) is 0.333. The molecule has 0 saturated carbocycles. The number of hydrogen-bond donors (Lipinski definition) is 2. The molecule has 286 valence electrons. The fourth-order valence-electron chi connectivity index (χ4n) is 7.03. The molecule has 3 heterocycles. The van der Waals surface area contributed by atoms with Crippen molar-refractivity contribution in [1.82, 2.24) is 19.9 Å². The molecule has 0 fully saturated rings. The van der Waals surface area contributed by atoms with Crippen LogP contribution >= 0.6 is 0 Å². The maximum Gasteiger partial charge on any atom is 0.128 e. The number of aromatic hydroxyl groups is 2. The molecular weight excluding hydrogens is 693 g/mol. The second kappa shape index (κ2) is 13.5. The Labute approximate surface area is 329 Å². The van der Waals surface area contributed by atoms with Crippen LogP contribution in [-0.4, -0.2) is 42.6 Å². The van der Waals surface area contributed by atoms with Gasteiger partial charge in [0.05, 0.1) is 44.5 Å². The van der Waals surface area contributed by atoms with Crippen LogP contribution < -0.4 is 0 Å². The first-order valence-corrected chi connectivity index (χ1v) is 19.2. The predicted molar refractivity (Wildman–Crippen MR) is 233 cm³/mol. The normalized spacial score (nSPS) is 13.4. The van der Waals surface area contributed by atoms with Crippen molar-refractivity contribution in [2.75, 3.05) is 0 Å². The largest absolute Gasteiger partial charge is 0.507 e. The summed E-state index contributed by atoms with van der Waals surface area (Å²) in [5, 5.41) is 25.0. The third-order valence-corrected chi connectivity index (χ3v) is 10.4. The van der Waals surface area contributed by atoms with Crippen molar-refractivity contribution in [2.24, 2.45) is 9.98 Å². The van der Waals surface area contributed by atoms with Crippen LogP contribution in [0.4, 0.5) is 11.4 Å². The summed E-state index contributed by atoms with van der Waals surface area (Å²) in [7, 11) is 0. The van der Waals surface area contributed by atoms with Crippen LogP contribution in [0.2, 0.25) is 0 Å². The van der Waals surface area contributed by atoms with E-state index in [9.17, 15) is 10.2 Å². The molecule has 3 aromatic heterocycles. The van der Waals surface area contributed by atoms with Crippen LogP contribution in [0.5, 0.6) is 11.5 Å². The predicted octanol–water partition coefficient (Wildman–Crippen LogP) is 12.0. The van der Waals surface area contributed by atoms with Crippen molar-refractivity contribution in [1.29, 1.82) is 0 Å². The average molecular weight is 745 g/mol. The smallest absolute Gasteiger partial charge is 0.128 e. The van der Waals surface area contributed by atoms with Crippen molar-refractivity contribution in [3.63, 3.8) is 0 Å². The Morgan fingerprint density at radius 1 is 0.482 bits per heavy atom. The van der Waals surface area contributed by atoms with Gasteiger partial charge in [0.15, 0.2) is 0 Å². The van der Waals surface area contributed by atoms with Crippen LogP contribution in [-0.2, 0) is 21.7 Å². The lowest BCUT2D eigenvalue weighted by Gasteiger charge is -2.27. The summed E-state index contributed by atoms with van der Waals surface area (Å²) < 4.78 is 0. The molecule has 0 unspecified atom stereocenters. The molecule has 0 aliphatic heterocycles. The lowest BCUT2D eigenvalue weighted by Crippen LogP contribution is -2.17.